The predicted molar refractivity (Wildman–Crippen MR) is 82.6 cm³/mol. The van der Waals surface area contributed by atoms with Crippen molar-refractivity contribution in [3.63, 3.8) is 0 Å². The number of hydrogen-bond acceptors (Lipinski definition) is 4. The van der Waals surface area contributed by atoms with E-state index in [1.807, 2.05) is 20.8 Å². The lowest BCUT2D eigenvalue weighted by Crippen LogP contribution is -2.30. The number of carbonyl (C=O) groups excluding carboxylic acids is 1. The second-order valence-electron chi connectivity index (χ2n) is 5.76. The van der Waals surface area contributed by atoms with Crippen molar-refractivity contribution >= 4 is 17.2 Å². The third kappa shape index (κ3) is 2.85. The highest BCUT2D eigenvalue weighted by Crippen LogP contribution is 2.33. The summed E-state index contributed by atoms with van der Waals surface area (Å²) in [4.78, 5) is 18.3. The van der Waals surface area contributed by atoms with Crippen molar-refractivity contribution < 1.29 is 4.79 Å². The lowest BCUT2D eigenvalue weighted by atomic mass is 9.97. The number of carbonyl (C=O) groups is 1. The highest BCUT2D eigenvalue weighted by molar-refractivity contribution is 7.11. The molecule has 1 amide bonds. The lowest BCUT2D eigenvalue weighted by molar-refractivity contribution is 0.0932. The van der Waals surface area contributed by atoms with E-state index >= 15 is 0 Å². The van der Waals surface area contributed by atoms with Crippen LogP contribution in [0.1, 0.15) is 64.7 Å². The van der Waals surface area contributed by atoms with Crippen molar-refractivity contribution in [3.05, 3.63) is 33.5 Å². The first-order chi connectivity index (χ1) is 10.0. The molecule has 1 aliphatic carbocycles. The van der Waals surface area contributed by atoms with Gasteiger partial charge in [-0.05, 0) is 40.0 Å². The molecule has 0 aliphatic heterocycles. The molecule has 0 unspecified atom stereocenters. The molecule has 21 heavy (non-hydrogen) atoms. The van der Waals surface area contributed by atoms with Crippen molar-refractivity contribution in [2.24, 2.45) is 0 Å². The molecule has 5 nitrogen and oxygen atoms in total. The number of hydrogen-bond donors (Lipinski definition) is 1. The Hall–Kier alpha value is -1.69. The molecule has 2 aromatic rings. The van der Waals surface area contributed by atoms with Gasteiger partial charge in [0, 0.05) is 17.1 Å². The Morgan fingerprint density at radius 2 is 2.33 bits per heavy atom. The van der Waals surface area contributed by atoms with Gasteiger partial charge in [-0.3, -0.25) is 9.48 Å². The van der Waals surface area contributed by atoms with Gasteiger partial charge in [0.2, 0.25) is 0 Å². The number of fused-ring (bicyclic) bond motifs is 1. The molecule has 112 valence electrons. The van der Waals surface area contributed by atoms with Gasteiger partial charge >= 0.3 is 0 Å². The minimum Gasteiger partial charge on any atom is -0.344 e. The second-order valence-corrected chi connectivity index (χ2v) is 7.05. The summed E-state index contributed by atoms with van der Waals surface area (Å²) in [6, 6.07) is 0.294. The molecule has 0 fully saturated rings. The molecular weight excluding hydrogens is 284 g/mol. The fourth-order valence-electron chi connectivity index (χ4n) is 2.66. The lowest BCUT2D eigenvalue weighted by Gasteiger charge is -2.22. The molecule has 0 radical (unpaired) electrons. The number of nitrogens with one attached hydrogen (secondary N) is 1. The third-order valence-corrected chi connectivity index (χ3v) is 4.81. The summed E-state index contributed by atoms with van der Waals surface area (Å²) < 4.78 is 1.80. The average Bonchev–Trinajstić information content (AvgIpc) is 3.04. The van der Waals surface area contributed by atoms with Gasteiger partial charge in [-0.2, -0.15) is 5.10 Å². The van der Waals surface area contributed by atoms with E-state index in [1.54, 1.807) is 28.4 Å². The quantitative estimate of drug-likeness (QED) is 0.948. The van der Waals surface area contributed by atoms with Crippen LogP contribution in [0.25, 0.3) is 0 Å². The van der Waals surface area contributed by atoms with Crippen molar-refractivity contribution in [1.82, 2.24) is 20.1 Å². The van der Waals surface area contributed by atoms with Crippen LogP contribution in [0, 0.1) is 6.92 Å². The summed E-state index contributed by atoms with van der Waals surface area (Å²) in [5.41, 5.74) is 1.68. The average molecular weight is 304 g/mol. The maximum absolute atomic E-state index is 12.4. The van der Waals surface area contributed by atoms with Crippen molar-refractivity contribution in [3.8, 4) is 0 Å². The molecular formula is C15H20N4OS. The van der Waals surface area contributed by atoms with E-state index in [2.05, 4.69) is 15.4 Å². The van der Waals surface area contributed by atoms with Crippen LogP contribution in [0.5, 0.6) is 0 Å². The Bertz CT molecular complexity index is 658. The number of rotatable bonds is 3. The third-order valence-electron chi connectivity index (χ3n) is 3.76. The molecule has 1 N–H and O–H groups in total. The summed E-state index contributed by atoms with van der Waals surface area (Å²) in [5, 5.41) is 8.41. The number of aromatic nitrogens is 3. The molecule has 0 spiro atoms. The van der Waals surface area contributed by atoms with E-state index in [9.17, 15) is 4.79 Å². The standard InChI is InChI=1S/C15H20N4OS/c1-9(2)19-8-11(7-16-19)15(20)18-12-5-4-6-13-14(12)17-10(3)21-13/h7-9,12H,4-6H2,1-3H3,(H,18,20)/t12-/m0/s1. The monoisotopic (exact) mass is 304 g/mol. The van der Waals surface area contributed by atoms with E-state index in [4.69, 9.17) is 0 Å². The van der Waals surface area contributed by atoms with Gasteiger partial charge in [-0.15, -0.1) is 11.3 Å². The van der Waals surface area contributed by atoms with Gasteiger partial charge < -0.3 is 5.32 Å². The normalized spacial score (nSPS) is 17.8. The van der Waals surface area contributed by atoms with Crippen LogP contribution < -0.4 is 5.32 Å². The summed E-state index contributed by atoms with van der Waals surface area (Å²) in [6.07, 6.45) is 6.57. The Morgan fingerprint density at radius 3 is 3.05 bits per heavy atom. The molecule has 0 saturated heterocycles. The van der Waals surface area contributed by atoms with Crippen LogP contribution in [0.3, 0.4) is 0 Å². The molecule has 6 heteroatoms. The van der Waals surface area contributed by atoms with E-state index < -0.39 is 0 Å². The highest BCUT2D eigenvalue weighted by atomic mass is 32.1. The fraction of sp³-hybridized carbons (Fsp3) is 0.533. The largest absolute Gasteiger partial charge is 0.344 e. The molecule has 1 atom stereocenters. The summed E-state index contributed by atoms with van der Waals surface area (Å²) >= 11 is 1.75. The predicted octanol–water partition coefficient (Wildman–Crippen LogP) is 3.04. The van der Waals surface area contributed by atoms with Crippen molar-refractivity contribution in [1.29, 1.82) is 0 Å². The SMILES string of the molecule is Cc1nc2c(s1)CCC[C@@H]2NC(=O)c1cnn(C(C)C)c1. The molecule has 2 aromatic heterocycles. The minimum atomic E-state index is -0.0644. The molecule has 0 bridgehead atoms. The second kappa shape index (κ2) is 5.60. The fourth-order valence-corrected chi connectivity index (χ4v) is 3.70. The van der Waals surface area contributed by atoms with Gasteiger partial charge in [0.25, 0.3) is 5.91 Å². The van der Waals surface area contributed by atoms with Crippen LogP contribution in [0.15, 0.2) is 12.4 Å². The van der Waals surface area contributed by atoms with Gasteiger partial charge in [0.1, 0.15) is 0 Å². The summed E-state index contributed by atoms with van der Waals surface area (Å²) in [5.74, 6) is -0.0644. The first-order valence-electron chi connectivity index (χ1n) is 7.36. The maximum Gasteiger partial charge on any atom is 0.255 e. The zero-order valence-electron chi connectivity index (χ0n) is 12.6. The van der Waals surface area contributed by atoms with Crippen LogP contribution >= 0.6 is 11.3 Å². The van der Waals surface area contributed by atoms with E-state index in [0.29, 0.717) is 5.56 Å². The first-order valence-corrected chi connectivity index (χ1v) is 8.17. The Kier molecular flexibility index (Phi) is 3.80. The van der Waals surface area contributed by atoms with E-state index in [-0.39, 0.29) is 18.0 Å². The number of nitrogens with zero attached hydrogens (tertiary/aromatic N) is 3. The van der Waals surface area contributed by atoms with Crippen LogP contribution in [0.2, 0.25) is 0 Å². The number of aryl methyl sites for hydroxylation is 2. The summed E-state index contributed by atoms with van der Waals surface area (Å²) in [7, 11) is 0. The zero-order chi connectivity index (χ0) is 15.0. The van der Waals surface area contributed by atoms with Crippen LogP contribution in [0.4, 0.5) is 0 Å². The van der Waals surface area contributed by atoms with Gasteiger partial charge in [-0.1, -0.05) is 0 Å². The van der Waals surface area contributed by atoms with Gasteiger partial charge in [0.05, 0.1) is 28.5 Å². The van der Waals surface area contributed by atoms with E-state index in [0.717, 1.165) is 30.0 Å². The maximum atomic E-state index is 12.4. The highest BCUT2D eigenvalue weighted by Gasteiger charge is 2.26. The van der Waals surface area contributed by atoms with Crippen LogP contribution in [-0.4, -0.2) is 20.7 Å². The topological polar surface area (TPSA) is 59.8 Å². The minimum absolute atomic E-state index is 0.0357. The molecule has 0 aromatic carbocycles. The molecule has 1 aliphatic rings. The molecule has 0 saturated carbocycles. The van der Waals surface area contributed by atoms with E-state index in [1.165, 1.54) is 4.88 Å². The Balaban J connectivity index is 1.76. The number of thiazole rings is 1. The summed E-state index contributed by atoms with van der Waals surface area (Å²) in [6.45, 7) is 6.11. The Labute approximate surface area is 128 Å². The van der Waals surface area contributed by atoms with Crippen molar-refractivity contribution in [2.45, 2.75) is 52.1 Å². The first kappa shape index (κ1) is 14.3. The molecule has 2 heterocycles. The van der Waals surface area contributed by atoms with Crippen molar-refractivity contribution in [2.75, 3.05) is 0 Å². The number of amides is 1. The molecule has 3 rings (SSSR count). The smallest absolute Gasteiger partial charge is 0.255 e. The van der Waals surface area contributed by atoms with Gasteiger partial charge in [0.15, 0.2) is 0 Å². The zero-order valence-corrected chi connectivity index (χ0v) is 13.4. The Morgan fingerprint density at radius 1 is 1.52 bits per heavy atom. The van der Waals surface area contributed by atoms with Gasteiger partial charge in [-0.25, -0.2) is 4.98 Å². The van der Waals surface area contributed by atoms with Crippen LogP contribution in [-0.2, 0) is 6.42 Å².